The lowest BCUT2D eigenvalue weighted by atomic mass is 9.78. The van der Waals surface area contributed by atoms with Gasteiger partial charge >= 0.3 is 0 Å². The van der Waals surface area contributed by atoms with E-state index in [0.29, 0.717) is 11.3 Å². The number of nitrogens with one attached hydrogen (secondary N) is 1. The lowest BCUT2D eigenvalue weighted by Crippen LogP contribution is -2.54. The Kier molecular flexibility index (Phi) is 3.01. The van der Waals surface area contributed by atoms with Gasteiger partial charge in [-0.2, -0.15) is 0 Å². The fraction of sp³-hybridized carbons (Fsp3) is 0.917. The average molecular weight is 210 g/mol. The van der Waals surface area contributed by atoms with Crippen molar-refractivity contribution in [3.05, 3.63) is 0 Å². The maximum atomic E-state index is 12.0. The molecule has 0 bridgehead atoms. The van der Waals surface area contributed by atoms with E-state index in [-0.39, 0.29) is 5.92 Å². The minimum absolute atomic E-state index is 0.274. The van der Waals surface area contributed by atoms with Gasteiger partial charge in [0, 0.05) is 26.2 Å². The first kappa shape index (κ1) is 10.9. The number of carbonyl (C=O) groups excluding carboxylic acids is 1. The van der Waals surface area contributed by atoms with Crippen molar-refractivity contribution in [3.63, 3.8) is 0 Å². The third-order valence-corrected chi connectivity index (χ3v) is 4.27. The van der Waals surface area contributed by atoms with Crippen LogP contribution in [0, 0.1) is 11.3 Å². The highest BCUT2D eigenvalue weighted by Crippen LogP contribution is 2.34. The molecule has 0 aromatic rings. The van der Waals surface area contributed by atoms with E-state index in [9.17, 15) is 4.79 Å². The van der Waals surface area contributed by atoms with Crippen LogP contribution in [0.25, 0.3) is 0 Å². The number of hydrogen-bond donors (Lipinski definition) is 1. The van der Waals surface area contributed by atoms with Crippen LogP contribution in [0.5, 0.6) is 0 Å². The zero-order valence-corrected chi connectivity index (χ0v) is 9.88. The number of likely N-dealkylation sites (tertiary alicyclic amines) is 1. The van der Waals surface area contributed by atoms with Crippen LogP contribution in [-0.4, -0.2) is 37.0 Å². The van der Waals surface area contributed by atoms with Crippen LogP contribution in [0.4, 0.5) is 0 Å². The molecular weight excluding hydrogens is 188 g/mol. The summed E-state index contributed by atoms with van der Waals surface area (Å²) in [4.78, 5) is 14.0. The topological polar surface area (TPSA) is 32.3 Å². The summed E-state index contributed by atoms with van der Waals surface area (Å²) in [6.45, 7) is 8.33. The van der Waals surface area contributed by atoms with Crippen LogP contribution in [0.15, 0.2) is 0 Å². The summed E-state index contributed by atoms with van der Waals surface area (Å²) < 4.78 is 0. The molecule has 2 aliphatic rings. The zero-order chi connectivity index (χ0) is 10.9. The molecule has 2 saturated heterocycles. The third kappa shape index (κ3) is 2.17. The Labute approximate surface area is 92.2 Å². The highest BCUT2D eigenvalue weighted by atomic mass is 16.2. The van der Waals surface area contributed by atoms with Gasteiger partial charge in [0.1, 0.15) is 0 Å². The van der Waals surface area contributed by atoms with E-state index < -0.39 is 0 Å². The first-order valence-corrected chi connectivity index (χ1v) is 6.14. The lowest BCUT2D eigenvalue weighted by Gasteiger charge is -2.41. The normalized spacial score (nSPS) is 26.1. The van der Waals surface area contributed by atoms with Gasteiger partial charge in [-0.3, -0.25) is 4.79 Å². The van der Waals surface area contributed by atoms with E-state index >= 15 is 0 Å². The van der Waals surface area contributed by atoms with E-state index in [2.05, 4.69) is 24.1 Å². The minimum atomic E-state index is 0.274. The van der Waals surface area contributed by atoms with E-state index in [0.717, 1.165) is 26.2 Å². The summed E-state index contributed by atoms with van der Waals surface area (Å²) in [5.41, 5.74) is 0.481. The number of piperidine rings is 1. The SMILES string of the molecule is CCC1(C)CCN(C(=O)C2CNC2)CC1. The Balaban J connectivity index is 1.84. The Hall–Kier alpha value is -0.570. The van der Waals surface area contributed by atoms with Gasteiger partial charge in [0.2, 0.25) is 5.91 Å². The molecule has 0 saturated carbocycles. The smallest absolute Gasteiger partial charge is 0.228 e. The van der Waals surface area contributed by atoms with Crippen molar-refractivity contribution in [1.82, 2.24) is 10.2 Å². The van der Waals surface area contributed by atoms with Gasteiger partial charge < -0.3 is 10.2 Å². The Bertz CT molecular complexity index is 240. The van der Waals surface area contributed by atoms with Gasteiger partial charge in [-0.05, 0) is 18.3 Å². The first-order valence-electron chi connectivity index (χ1n) is 6.14. The molecule has 3 nitrogen and oxygen atoms in total. The summed E-state index contributed by atoms with van der Waals surface area (Å²) in [7, 11) is 0. The Morgan fingerprint density at radius 2 is 2.00 bits per heavy atom. The van der Waals surface area contributed by atoms with Crippen molar-refractivity contribution in [1.29, 1.82) is 0 Å². The van der Waals surface area contributed by atoms with Gasteiger partial charge in [-0.25, -0.2) is 0 Å². The summed E-state index contributed by atoms with van der Waals surface area (Å²) >= 11 is 0. The Morgan fingerprint density at radius 1 is 1.40 bits per heavy atom. The lowest BCUT2D eigenvalue weighted by molar-refractivity contribution is -0.139. The average Bonchev–Trinajstić information content (AvgIpc) is 2.16. The molecule has 0 aromatic carbocycles. The molecule has 1 amide bonds. The molecule has 3 heteroatoms. The van der Waals surface area contributed by atoms with Gasteiger partial charge in [-0.1, -0.05) is 20.3 Å². The molecule has 2 rings (SSSR count). The first-order chi connectivity index (χ1) is 7.14. The molecule has 0 spiro atoms. The van der Waals surface area contributed by atoms with Crippen molar-refractivity contribution in [2.24, 2.45) is 11.3 Å². The van der Waals surface area contributed by atoms with E-state index in [1.54, 1.807) is 0 Å². The maximum absolute atomic E-state index is 12.0. The number of rotatable bonds is 2. The van der Waals surface area contributed by atoms with Crippen LogP contribution in [0.3, 0.4) is 0 Å². The van der Waals surface area contributed by atoms with Crippen molar-refractivity contribution >= 4 is 5.91 Å². The molecule has 0 unspecified atom stereocenters. The number of carbonyl (C=O) groups is 1. The predicted molar refractivity (Wildman–Crippen MR) is 60.6 cm³/mol. The molecule has 15 heavy (non-hydrogen) atoms. The molecule has 0 aliphatic carbocycles. The van der Waals surface area contributed by atoms with Gasteiger partial charge in [0.05, 0.1) is 5.92 Å². The van der Waals surface area contributed by atoms with E-state index in [4.69, 9.17) is 0 Å². The summed E-state index contributed by atoms with van der Waals surface area (Å²) in [5.74, 6) is 0.655. The second-order valence-electron chi connectivity index (χ2n) is 5.34. The summed E-state index contributed by atoms with van der Waals surface area (Å²) in [6, 6.07) is 0. The predicted octanol–water partition coefficient (Wildman–Crippen LogP) is 1.24. The highest BCUT2D eigenvalue weighted by molar-refractivity contribution is 5.80. The molecule has 0 aromatic heterocycles. The zero-order valence-electron chi connectivity index (χ0n) is 9.88. The molecule has 86 valence electrons. The number of amides is 1. The second kappa shape index (κ2) is 4.12. The molecule has 2 fully saturated rings. The minimum Gasteiger partial charge on any atom is -0.342 e. The number of hydrogen-bond acceptors (Lipinski definition) is 2. The van der Waals surface area contributed by atoms with Crippen molar-refractivity contribution in [2.45, 2.75) is 33.1 Å². The molecule has 0 atom stereocenters. The fourth-order valence-electron chi connectivity index (χ4n) is 2.34. The number of nitrogens with zero attached hydrogens (tertiary/aromatic N) is 1. The van der Waals surface area contributed by atoms with Gasteiger partial charge in [0.25, 0.3) is 0 Å². The van der Waals surface area contributed by atoms with Gasteiger partial charge in [-0.15, -0.1) is 0 Å². The van der Waals surface area contributed by atoms with Crippen molar-refractivity contribution < 1.29 is 4.79 Å². The molecule has 1 N–H and O–H groups in total. The fourth-order valence-corrected chi connectivity index (χ4v) is 2.34. The molecule has 0 radical (unpaired) electrons. The van der Waals surface area contributed by atoms with Crippen LogP contribution in [0.2, 0.25) is 0 Å². The summed E-state index contributed by atoms with van der Waals surface area (Å²) in [6.07, 6.45) is 3.59. The third-order valence-electron chi connectivity index (χ3n) is 4.27. The van der Waals surface area contributed by atoms with Gasteiger partial charge in [0.15, 0.2) is 0 Å². The largest absolute Gasteiger partial charge is 0.342 e. The van der Waals surface area contributed by atoms with Crippen LogP contribution < -0.4 is 5.32 Å². The van der Waals surface area contributed by atoms with Crippen molar-refractivity contribution in [2.75, 3.05) is 26.2 Å². The maximum Gasteiger partial charge on any atom is 0.228 e. The van der Waals surface area contributed by atoms with Crippen LogP contribution in [0.1, 0.15) is 33.1 Å². The standard InChI is InChI=1S/C12H22N2O/c1-3-12(2)4-6-14(7-5-12)11(15)10-8-13-9-10/h10,13H,3-9H2,1-2H3. The summed E-state index contributed by atoms with van der Waals surface area (Å²) in [5, 5.41) is 3.16. The van der Waals surface area contributed by atoms with E-state index in [1.165, 1.54) is 19.3 Å². The van der Waals surface area contributed by atoms with Crippen LogP contribution in [-0.2, 0) is 4.79 Å². The molecular formula is C12H22N2O. The monoisotopic (exact) mass is 210 g/mol. The highest BCUT2D eigenvalue weighted by Gasteiger charge is 2.34. The van der Waals surface area contributed by atoms with Crippen molar-refractivity contribution in [3.8, 4) is 0 Å². The molecule has 2 aliphatic heterocycles. The quantitative estimate of drug-likeness (QED) is 0.744. The molecule has 2 heterocycles. The Morgan fingerprint density at radius 3 is 2.40 bits per heavy atom. The van der Waals surface area contributed by atoms with Crippen LogP contribution >= 0.6 is 0 Å². The second-order valence-corrected chi connectivity index (χ2v) is 5.34. The van der Waals surface area contributed by atoms with E-state index in [1.807, 2.05) is 0 Å².